The molecule has 80 valence electrons. The molecule has 0 bridgehead atoms. The zero-order valence-electron chi connectivity index (χ0n) is 9.16. The van der Waals surface area contributed by atoms with Crippen LogP contribution in [0.3, 0.4) is 0 Å². The van der Waals surface area contributed by atoms with Gasteiger partial charge in [0.05, 0.1) is 5.31 Å². The van der Waals surface area contributed by atoms with Gasteiger partial charge in [-0.2, -0.15) is 0 Å². The molecule has 14 heavy (non-hydrogen) atoms. The first kappa shape index (κ1) is 13.4. The molecule has 0 saturated heterocycles. The molecule has 0 aliphatic heterocycles. The van der Waals surface area contributed by atoms with E-state index in [1.165, 1.54) is 14.2 Å². The van der Waals surface area contributed by atoms with Gasteiger partial charge in [-0.05, 0) is 19.4 Å². The Morgan fingerprint density at radius 2 is 1.93 bits per heavy atom. The fourth-order valence-electron chi connectivity index (χ4n) is 0.952. The molecule has 0 aliphatic rings. The van der Waals surface area contributed by atoms with Crippen LogP contribution in [0.2, 0.25) is 0 Å². The molecule has 0 N–H and O–H groups in total. The van der Waals surface area contributed by atoms with Crippen LogP contribution in [0.15, 0.2) is 29.3 Å². The maximum Gasteiger partial charge on any atom is 0.364 e. The zero-order valence-corrected chi connectivity index (χ0v) is 10.1. The highest BCUT2D eigenvalue weighted by molar-refractivity contribution is 7.58. The number of allylic oxidation sites excluding steroid dienone is 2. The van der Waals surface area contributed by atoms with Gasteiger partial charge in [-0.3, -0.25) is 4.57 Å². The second kappa shape index (κ2) is 6.00. The Morgan fingerprint density at radius 3 is 2.21 bits per heavy atom. The van der Waals surface area contributed by atoms with E-state index in [0.29, 0.717) is 11.7 Å². The summed E-state index contributed by atoms with van der Waals surface area (Å²) in [5.74, 6) is 0. The summed E-state index contributed by atoms with van der Waals surface area (Å²) < 4.78 is 21.7. The van der Waals surface area contributed by atoms with Gasteiger partial charge in [-0.15, -0.1) is 12.3 Å². The first-order valence-corrected chi connectivity index (χ1v) is 5.80. The van der Waals surface area contributed by atoms with E-state index in [9.17, 15) is 4.57 Å². The normalized spacial score (nSPS) is 10.6. The van der Waals surface area contributed by atoms with E-state index >= 15 is 0 Å². The van der Waals surface area contributed by atoms with Crippen LogP contribution in [0.4, 0.5) is 0 Å². The second-order valence-electron chi connectivity index (χ2n) is 2.93. The highest BCUT2D eigenvalue weighted by Crippen LogP contribution is 2.55. The van der Waals surface area contributed by atoms with Crippen LogP contribution in [-0.2, 0) is 13.6 Å². The molecule has 0 rings (SSSR count). The smallest absolute Gasteiger partial charge is 0.308 e. The number of hydrogen-bond donors (Lipinski definition) is 0. The average Bonchev–Trinajstić information content (AvgIpc) is 2.15. The van der Waals surface area contributed by atoms with E-state index in [1.54, 1.807) is 6.08 Å². The Hall–Kier alpha value is -0.590. The average molecular weight is 216 g/mol. The van der Waals surface area contributed by atoms with Gasteiger partial charge in [0.15, 0.2) is 0 Å². The maximum absolute atomic E-state index is 12.0. The van der Waals surface area contributed by atoms with Gasteiger partial charge in [0.25, 0.3) is 0 Å². The summed E-state index contributed by atoms with van der Waals surface area (Å²) >= 11 is 0. The van der Waals surface area contributed by atoms with Crippen LogP contribution in [0.5, 0.6) is 0 Å². The van der Waals surface area contributed by atoms with E-state index in [1.807, 2.05) is 13.8 Å². The van der Waals surface area contributed by atoms with Gasteiger partial charge >= 0.3 is 7.60 Å². The summed E-state index contributed by atoms with van der Waals surface area (Å²) in [5, 5.41) is 0.512. The van der Waals surface area contributed by atoms with Crippen LogP contribution in [0, 0.1) is 0 Å². The van der Waals surface area contributed by atoms with Crippen LogP contribution in [-0.4, -0.2) is 14.2 Å². The van der Waals surface area contributed by atoms with E-state index in [0.717, 1.165) is 5.57 Å². The Balaban J connectivity index is 5.32. The topological polar surface area (TPSA) is 35.5 Å². The third-order valence-corrected chi connectivity index (χ3v) is 3.46. The first-order valence-electron chi connectivity index (χ1n) is 4.26. The van der Waals surface area contributed by atoms with Crippen molar-refractivity contribution in [3.8, 4) is 0 Å². The molecule has 0 amide bonds. The lowest BCUT2D eigenvalue weighted by Crippen LogP contribution is -1.91. The predicted molar refractivity (Wildman–Crippen MR) is 58.3 cm³/mol. The lowest BCUT2D eigenvalue weighted by molar-refractivity contribution is 0.282. The van der Waals surface area contributed by atoms with Crippen LogP contribution < -0.4 is 0 Å². The Labute approximate surface area is 85.6 Å². The summed E-state index contributed by atoms with van der Waals surface area (Å²) in [6.07, 6.45) is 2.10. The Morgan fingerprint density at radius 1 is 1.43 bits per heavy atom. The van der Waals surface area contributed by atoms with Gasteiger partial charge in [-0.25, -0.2) is 0 Å². The molecule has 0 aromatic heterocycles. The molecule has 3 nitrogen and oxygen atoms in total. The van der Waals surface area contributed by atoms with Gasteiger partial charge < -0.3 is 9.05 Å². The largest absolute Gasteiger partial charge is 0.364 e. The monoisotopic (exact) mass is 216 g/mol. The first-order chi connectivity index (χ1) is 6.50. The standard InChI is InChI=1S/C10H17O3P/c1-6-7-10(8-9(2)3)14(11,12-4)13-5/h6H,1,7H2,2-5H3. The zero-order chi connectivity index (χ0) is 11.2. The van der Waals surface area contributed by atoms with Gasteiger partial charge in [-0.1, -0.05) is 6.08 Å². The number of rotatable bonds is 5. The van der Waals surface area contributed by atoms with E-state index < -0.39 is 7.60 Å². The van der Waals surface area contributed by atoms with Crippen molar-refractivity contribution in [2.45, 2.75) is 20.3 Å². The fourth-order valence-corrected chi connectivity index (χ4v) is 2.25. The maximum atomic E-state index is 12.0. The quantitative estimate of drug-likeness (QED) is 0.401. The predicted octanol–water partition coefficient (Wildman–Crippen LogP) is 3.50. The Kier molecular flexibility index (Phi) is 5.75. The molecule has 0 heterocycles. The molecule has 0 saturated carbocycles. The van der Waals surface area contributed by atoms with E-state index in [-0.39, 0.29) is 0 Å². The Bertz CT molecular complexity index is 299. The molecule has 0 aliphatic carbocycles. The lowest BCUT2D eigenvalue weighted by atomic mass is 10.3. The van der Waals surface area contributed by atoms with Crippen LogP contribution in [0.1, 0.15) is 20.3 Å². The third-order valence-electron chi connectivity index (χ3n) is 1.54. The van der Waals surface area contributed by atoms with Gasteiger partial charge in [0.2, 0.25) is 0 Å². The van der Waals surface area contributed by atoms with Crippen LogP contribution in [0.25, 0.3) is 0 Å². The molecule has 4 heteroatoms. The van der Waals surface area contributed by atoms with Crippen LogP contribution >= 0.6 is 7.60 Å². The van der Waals surface area contributed by atoms with Crippen molar-refractivity contribution in [3.63, 3.8) is 0 Å². The van der Waals surface area contributed by atoms with Crippen molar-refractivity contribution in [1.82, 2.24) is 0 Å². The van der Waals surface area contributed by atoms with Gasteiger partial charge in [0.1, 0.15) is 0 Å². The van der Waals surface area contributed by atoms with Crippen molar-refractivity contribution in [3.05, 3.63) is 29.3 Å². The molecule has 0 radical (unpaired) electrons. The van der Waals surface area contributed by atoms with Crippen molar-refractivity contribution in [2.24, 2.45) is 0 Å². The minimum Gasteiger partial charge on any atom is -0.308 e. The summed E-state index contributed by atoms with van der Waals surface area (Å²) in [5.41, 5.74) is 3.90. The highest BCUT2D eigenvalue weighted by Gasteiger charge is 2.26. The molecule has 0 spiro atoms. The fraction of sp³-hybridized carbons (Fsp3) is 0.500. The lowest BCUT2D eigenvalue weighted by Gasteiger charge is -2.14. The third kappa shape index (κ3) is 3.65. The minimum absolute atomic E-state index is 0.449. The van der Waals surface area contributed by atoms with E-state index in [2.05, 4.69) is 12.3 Å². The molecular weight excluding hydrogens is 199 g/mol. The molecule has 0 unspecified atom stereocenters. The SMILES string of the molecule is C=CCC(=C=C(C)C)P(=O)(OC)OC. The molecule has 0 atom stereocenters. The summed E-state index contributed by atoms with van der Waals surface area (Å²) in [7, 11) is -0.426. The van der Waals surface area contributed by atoms with Gasteiger partial charge in [0, 0.05) is 20.6 Å². The van der Waals surface area contributed by atoms with Crippen molar-refractivity contribution in [2.75, 3.05) is 14.2 Å². The van der Waals surface area contributed by atoms with Crippen molar-refractivity contribution < 1.29 is 13.6 Å². The molecule has 0 fully saturated rings. The minimum atomic E-state index is -3.15. The number of hydrogen-bond acceptors (Lipinski definition) is 3. The summed E-state index contributed by atoms with van der Waals surface area (Å²) in [6, 6.07) is 0. The summed E-state index contributed by atoms with van der Waals surface area (Å²) in [4.78, 5) is 0. The van der Waals surface area contributed by atoms with Crippen molar-refractivity contribution >= 4 is 7.60 Å². The van der Waals surface area contributed by atoms with E-state index in [4.69, 9.17) is 9.05 Å². The van der Waals surface area contributed by atoms with Crippen molar-refractivity contribution in [1.29, 1.82) is 0 Å². The summed E-state index contributed by atoms with van der Waals surface area (Å²) in [6.45, 7) is 7.34. The highest BCUT2D eigenvalue weighted by atomic mass is 31.2. The molecule has 0 aromatic rings. The molecular formula is C10H17O3P. The molecule has 0 aromatic carbocycles. The second-order valence-corrected chi connectivity index (χ2v) is 5.19.